The van der Waals surface area contributed by atoms with E-state index in [0.717, 1.165) is 0 Å². The average molecular weight is 103 g/mol. The second-order valence-electron chi connectivity index (χ2n) is 0.968. The van der Waals surface area contributed by atoms with E-state index in [2.05, 4.69) is 11.7 Å². The van der Waals surface area contributed by atoms with E-state index in [-0.39, 0.29) is 6.61 Å². The van der Waals surface area contributed by atoms with Crippen molar-refractivity contribution in [3.05, 3.63) is 6.92 Å². The van der Waals surface area contributed by atoms with Crippen LogP contribution in [0.25, 0.3) is 0 Å². The molecule has 0 rings (SSSR count). The average Bonchev–Trinajstić information content (AvgIpc) is 1.61. The van der Waals surface area contributed by atoms with E-state index in [0.29, 0.717) is 6.42 Å². The van der Waals surface area contributed by atoms with Crippen LogP contribution in [0.4, 0.5) is 4.79 Å². The first-order valence-electron chi connectivity index (χ1n) is 1.92. The third-order valence-electron chi connectivity index (χ3n) is 0.370. The van der Waals surface area contributed by atoms with E-state index in [1.165, 1.54) is 0 Å². The summed E-state index contributed by atoms with van der Waals surface area (Å²) in [5, 5.41) is 7.79. The quantitative estimate of drug-likeness (QED) is 0.528. The van der Waals surface area contributed by atoms with Gasteiger partial charge in [0.05, 0.1) is 6.61 Å². The molecule has 0 fully saturated rings. The number of carboxylic acid groups (broad SMARTS) is 1. The van der Waals surface area contributed by atoms with Gasteiger partial charge in [0.2, 0.25) is 0 Å². The van der Waals surface area contributed by atoms with Crippen LogP contribution in [0, 0.1) is 6.92 Å². The summed E-state index contributed by atoms with van der Waals surface area (Å²) in [6.45, 7) is 3.56. The Morgan fingerprint density at radius 1 is 1.86 bits per heavy atom. The van der Waals surface area contributed by atoms with Gasteiger partial charge in [0.25, 0.3) is 0 Å². The maximum Gasteiger partial charge on any atom is 0.505 e. The SMILES string of the molecule is [CH2]CCOC(=O)O. The van der Waals surface area contributed by atoms with Crippen LogP contribution in [-0.2, 0) is 4.74 Å². The van der Waals surface area contributed by atoms with Crippen LogP contribution in [0.1, 0.15) is 6.42 Å². The van der Waals surface area contributed by atoms with Gasteiger partial charge in [-0.1, -0.05) is 0 Å². The van der Waals surface area contributed by atoms with Crippen LogP contribution < -0.4 is 0 Å². The number of rotatable bonds is 2. The van der Waals surface area contributed by atoms with E-state index >= 15 is 0 Å². The fourth-order valence-corrected chi connectivity index (χ4v) is 0.159. The topological polar surface area (TPSA) is 46.5 Å². The maximum absolute atomic E-state index is 9.51. The molecular formula is C4H7O3. The van der Waals surface area contributed by atoms with Gasteiger partial charge in [0.15, 0.2) is 0 Å². The summed E-state index contributed by atoms with van der Waals surface area (Å²) < 4.78 is 4.05. The normalized spacial score (nSPS) is 8.14. The van der Waals surface area contributed by atoms with Gasteiger partial charge in [-0.3, -0.25) is 0 Å². The molecule has 0 saturated carbocycles. The van der Waals surface area contributed by atoms with Crippen molar-refractivity contribution in [2.45, 2.75) is 6.42 Å². The van der Waals surface area contributed by atoms with Gasteiger partial charge in [0, 0.05) is 0 Å². The number of ether oxygens (including phenoxy) is 1. The maximum atomic E-state index is 9.51. The van der Waals surface area contributed by atoms with E-state index in [1.54, 1.807) is 0 Å². The lowest BCUT2D eigenvalue weighted by Crippen LogP contribution is -1.99. The highest BCUT2D eigenvalue weighted by Crippen LogP contribution is 1.78. The van der Waals surface area contributed by atoms with Crippen LogP contribution in [0.2, 0.25) is 0 Å². The summed E-state index contributed by atoms with van der Waals surface area (Å²) in [5.41, 5.74) is 0. The molecule has 0 atom stereocenters. The van der Waals surface area contributed by atoms with Crippen LogP contribution in [0.3, 0.4) is 0 Å². The van der Waals surface area contributed by atoms with Crippen molar-refractivity contribution < 1.29 is 14.6 Å². The third-order valence-corrected chi connectivity index (χ3v) is 0.370. The van der Waals surface area contributed by atoms with Crippen LogP contribution >= 0.6 is 0 Å². The summed E-state index contributed by atoms with van der Waals surface area (Å²) in [5.74, 6) is 0. The van der Waals surface area contributed by atoms with Gasteiger partial charge in [-0.25, -0.2) is 4.79 Å². The Morgan fingerprint density at radius 3 is 2.57 bits per heavy atom. The lowest BCUT2D eigenvalue weighted by Gasteiger charge is -1.91. The van der Waals surface area contributed by atoms with Crippen LogP contribution in [-0.4, -0.2) is 17.9 Å². The molecule has 0 spiro atoms. The van der Waals surface area contributed by atoms with Crippen molar-refractivity contribution in [3.63, 3.8) is 0 Å². The molecule has 0 bridgehead atoms. The second kappa shape index (κ2) is 3.46. The smallest absolute Gasteiger partial charge is 0.450 e. The highest BCUT2D eigenvalue weighted by Gasteiger charge is 1.89. The molecular weight excluding hydrogens is 96.0 g/mol. The molecule has 7 heavy (non-hydrogen) atoms. The van der Waals surface area contributed by atoms with Crippen LogP contribution in [0.5, 0.6) is 0 Å². The Bertz CT molecular complexity index is 60.0. The molecule has 0 aliphatic rings. The van der Waals surface area contributed by atoms with Gasteiger partial charge in [-0.15, -0.1) is 0 Å². The van der Waals surface area contributed by atoms with Crippen molar-refractivity contribution in [2.24, 2.45) is 0 Å². The molecule has 0 aromatic heterocycles. The number of carbonyl (C=O) groups is 1. The Labute approximate surface area is 41.9 Å². The zero-order valence-electron chi connectivity index (χ0n) is 3.89. The Morgan fingerprint density at radius 2 is 2.43 bits per heavy atom. The Balaban J connectivity index is 2.82. The predicted octanol–water partition coefficient (Wildman–Crippen LogP) is 0.905. The van der Waals surface area contributed by atoms with Crippen molar-refractivity contribution >= 4 is 6.16 Å². The summed E-state index contributed by atoms with van der Waals surface area (Å²) in [6.07, 6.45) is -0.740. The molecule has 0 aliphatic carbocycles. The van der Waals surface area contributed by atoms with Gasteiger partial charge in [-0.2, -0.15) is 0 Å². The first kappa shape index (κ1) is 6.27. The minimum atomic E-state index is -1.23. The Kier molecular flexibility index (Phi) is 3.10. The molecule has 0 heterocycles. The third kappa shape index (κ3) is 5.27. The van der Waals surface area contributed by atoms with E-state index in [1.807, 2.05) is 0 Å². The highest BCUT2D eigenvalue weighted by atomic mass is 16.7. The van der Waals surface area contributed by atoms with Gasteiger partial charge in [0.1, 0.15) is 0 Å². The lowest BCUT2D eigenvalue weighted by molar-refractivity contribution is 0.0931. The lowest BCUT2D eigenvalue weighted by atomic mass is 10.5. The Hall–Kier alpha value is -0.730. The molecule has 3 heteroatoms. The van der Waals surface area contributed by atoms with Gasteiger partial charge >= 0.3 is 6.16 Å². The van der Waals surface area contributed by atoms with Crippen molar-refractivity contribution in [3.8, 4) is 0 Å². The predicted molar refractivity (Wildman–Crippen MR) is 24.0 cm³/mol. The van der Waals surface area contributed by atoms with E-state index in [4.69, 9.17) is 5.11 Å². The minimum Gasteiger partial charge on any atom is -0.450 e. The number of hydrogen-bond donors (Lipinski definition) is 1. The van der Waals surface area contributed by atoms with Gasteiger partial charge in [-0.05, 0) is 13.3 Å². The van der Waals surface area contributed by atoms with E-state index in [9.17, 15) is 4.79 Å². The fraction of sp³-hybridized carbons (Fsp3) is 0.500. The minimum absolute atomic E-state index is 0.190. The first-order valence-corrected chi connectivity index (χ1v) is 1.92. The zero-order valence-corrected chi connectivity index (χ0v) is 3.89. The van der Waals surface area contributed by atoms with Crippen molar-refractivity contribution in [2.75, 3.05) is 6.61 Å². The van der Waals surface area contributed by atoms with Crippen molar-refractivity contribution in [1.82, 2.24) is 0 Å². The van der Waals surface area contributed by atoms with Gasteiger partial charge < -0.3 is 9.84 Å². The summed E-state index contributed by atoms with van der Waals surface area (Å²) >= 11 is 0. The zero-order chi connectivity index (χ0) is 5.70. The van der Waals surface area contributed by atoms with E-state index < -0.39 is 6.16 Å². The number of hydrogen-bond acceptors (Lipinski definition) is 2. The standard InChI is InChI=1S/C4H7O3/c1-2-3-7-4(5)6/h1-3H2,(H,5,6). The molecule has 3 nitrogen and oxygen atoms in total. The summed E-state index contributed by atoms with van der Waals surface area (Å²) in [7, 11) is 0. The molecule has 41 valence electrons. The molecule has 0 aliphatic heterocycles. The molecule has 0 amide bonds. The monoisotopic (exact) mass is 103 g/mol. The molecule has 0 saturated heterocycles. The first-order chi connectivity index (χ1) is 3.27. The molecule has 1 N–H and O–H groups in total. The second-order valence-corrected chi connectivity index (χ2v) is 0.968. The molecule has 0 aromatic carbocycles. The summed E-state index contributed by atoms with van der Waals surface area (Å²) in [4.78, 5) is 9.51. The highest BCUT2D eigenvalue weighted by molar-refractivity contribution is 5.56. The molecule has 0 unspecified atom stereocenters. The van der Waals surface area contributed by atoms with Crippen molar-refractivity contribution in [1.29, 1.82) is 0 Å². The largest absolute Gasteiger partial charge is 0.505 e. The molecule has 0 aromatic rings. The fourth-order valence-electron chi connectivity index (χ4n) is 0.159. The van der Waals surface area contributed by atoms with Crippen LogP contribution in [0.15, 0.2) is 0 Å². The molecule has 1 radical (unpaired) electrons. The summed E-state index contributed by atoms with van der Waals surface area (Å²) in [6, 6.07) is 0.